The highest BCUT2D eigenvalue weighted by molar-refractivity contribution is 5.35. The lowest BCUT2D eigenvalue weighted by molar-refractivity contribution is 0.0443. The van der Waals surface area contributed by atoms with Crippen molar-refractivity contribution >= 4 is 0 Å². The first-order valence-corrected chi connectivity index (χ1v) is 10.00. The Kier molecular flexibility index (Phi) is 7.27. The number of aliphatic hydroxyl groups excluding tert-OH is 1. The average molecular weight is 369 g/mol. The maximum Gasteiger partial charge on any atom is 0.122 e. The number of para-hydroxylation sites is 1. The van der Waals surface area contributed by atoms with Crippen LogP contribution in [-0.2, 0) is 6.54 Å². The molecular formula is C23H32N2O2. The molecule has 0 radical (unpaired) electrons. The molecule has 1 atom stereocenters. The molecule has 3 rings (SSSR count). The summed E-state index contributed by atoms with van der Waals surface area (Å²) in [5, 5.41) is 10.4. The van der Waals surface area contributed by atoms with Crippen LogP contribution in [0.4, 0.5) is 0 Å². The quantitative estimate of drug-likeness (QED) is 0.775. The molecule has 4 nitrogen and oxygen atoms in total. The lowest BCUT2D eigenvalue weighted by Crippen LogP contribution is -2.48. The summed E-state index contributed by atoms with van der Waals surface area (Å²) in [5.41, 5.74) is 2.56. The van der Waals surface area contributed by atoms with E-state index in [0.717, 1.165) is 38.5 Å². The van der Waals surface area contributed by atoms with Crippen LogP contribution in [0.25, 0.3) is 0 Å². The van der Waals surface area contributed by atoms with E-state index in [-0.39, 0.29) is 0 Å². The standard InChI is InChI=1S/C23H32N2O2/c1-19(2)22-10-6-7-11-23(22)27-18-21(26)17-25-14-12-24(13-15-25)16-20-8-4-3-5-9-20/h3-11,19,21,26H,12-18H2,1-2H3. The first-order chi connectivity index (χ1) is 13.1. The highest BCUT2D eigenvalue weighted by Crippen LogP contribution is 2.25. The predicted molar refractivity (Wildman–Crippen MR) is 110 cm³/mol. The van der Waals surface area contributed by atoms with Crippen LogP contribution < -0.4 is 4.74 Å². The molecule has 2 aromatic rings. The third-order valence-electron chi connectivity index (χ3n) is 5.16. The molecule has 0 saturated carbocycles. The van der Waals surface area contributed by atoms with Gasteiger partial charge in [-0.25, -0.2) is 0 Å². The first-order valence-electron chi connectivity index (χ1n) is 10.00. The van der Waals surface area contributed by atoms with Crippen LogP contribution in [0.1, 0.15) is 30.9 Å². The summed E-state index contributed by atoms with van der Waals surface area (Å²) in [4.78, 5) is 4.82. The summed E-state index contributed by atoms with van der Waals surface area (Å²) in [7, 11) is 0. The van der Waals surface area contributed by atoms with Crippen molar-refractivity contribution < 1.29 is 9.84 Å². The van der Waals surface area contributed by atoms with Crippen LogP contribution in [-0.4, -0.2) is 60.3 Å². The van der Waals surface area contributed by atoms with Crippen molar-refractivity contribution in [2.45, 2.75) is 32.4 Å². The largest absolute Gasteiger partial charge is 0.491 e. The predicted octanol–water partition coefficient (Wildman–Crippen LogP) is 3.37. The van der Waals surface area contributed by atoms with Crippen molar-refractivity contribution in [1.29, 1.82) is 0 Å². The zero-order chi connectivity index (χ0) is 19.1. The molecule has 4 heteroatoms. The fraction of sp³-hybridized carbons (Fsp3) is 0.478. The highest BCUT2D eigenvalue weighted by atomic mass is 16.5. The molecule has 0 amide bonds. The normalized spacial score (nSPS) is 17.2. The Hall–Kier alpha value is -1.88. The van der Waals surface area contributed by atoms with Gasteiger partial charge in [0.1, 0.15) is 18.5 Å². The van der Waals surface area contributed by atoms with Gasteiger partial charge in [0.15, 0.2) is 0 Å². The Morgan fingerprint density at radius 2 is 1.52 bits per heavy atom. The van der Waals surface area contributed by atoms with Gasteiger partial charge in [0.25, 0.3) is 0 Å². The molecule has 1 aliphatic rings. The first kappa shape index (κ1) is 19.9. The molecule has 146 valence electrons. The monoisotopic (exact) mass is 368 g/mol. The highest BCUT2D eigenvalue weighted by Gasteiger charge is 2.20. The summed E-state index contributed by atoms with van der Waals surface area (Å²) in [6.07, 6.45) is -0.467. The number of β-amino-alcohol motifs (C(OH)–C–C–N with tert-alkyl or cyclic N) is 1. The van der Waals surface area contributed by atoms with E-state index in [4.69, 9.17) is 4.74 Å². The summed E-state index contributed by atoms with van der Waals surface area (Å²) in [6.45, 7) is 10.4. The average Bonchev–Trinajstić information content (AvgIpc) is 2.69. The van der Waals surface area contributed by atoms with E-state index in [2.05, 4.69) is 60.0 Å². The Morgan fingerprint density at radius 1 is 0.889 bits per heavy atom. The summed E-state index contributed by atoms with van der Waals surface area (Å²) >= 11 is 0. The molecule has 1 fully saturated rings. The van der Waals surface area contributed by atoms with Crippen molar-refractivity contribution in [2.24, 2.45) is 0 Å². The number of benzene rings is 2. The summed E-state index contributed by atoms with van der Waals surface area (Å²) in [6, 6.07) is 18.7. The molecule has 2 aromatic carbocycles. The van der Waals surface area contributed by atoms with Gasteiger partial charge in [0, 0.05) is 39.3 Å². The molecule has 27 heavy (non-hydrogen) atoms. The van der Waals surface area contributed by atoms with Crippen molar-refractivity contribution in [1.82, 2.24) is 9.80 Å². The van der Waals surface area contributed by atoms with E-state index in [0.29, 0.717) is 19.1 Å². The number of nitrogens with zero attached hydrogens (tertiary/aromatic N) is 2. The number of piperazine rings is 1. The van der Waals surface area contributed by atoms with Crippen molar-refractivity contribution in [3.05, 3.63) is 65.7 Å². The van der Waals surface area contributed by atoms with E-state index in [1.807, 2.05) is 18.2 Å². The third kappa shape index (κ3) is 6.06. The lowest BCUT2D eigenvalue weighted by Gasteiger charge is -2.35. The number of hydrogen-bond acceptors (Lipinski definition) is 4. The van der Waals surface area contributed by atoms with Crippen LogP contribution >= 0.6 is 0 Å². The van der Waals surface area contributed by atoms with Crippen LogP contribution in [0.3, 0.4) is 0 Å². The van der Waals surface area contributed by atoms with Crippen molar-refractivity contribution in [3.63, 3.8) is 0 Å². The van der Waals surface area contributed by atoms with E-state index >= 15 is 0 Å². The van der Waals surface area contributed by atoms with Crippen molar-refractivity contribution in [2.75, 3.05) is 39.3 Å². The summed E-state index contributed by atoms with van der Waals surface area (Å²) < 4.78 is 5.91. The molecular weight excluding hydrogens is 336 g/mol. The van der Waals surface area contributed by atoms with E-state index in [9.17, 15) is 5.11 Å². The Labute approximate surface area is 163 Å². The molecule has 1 saturated heterocycles. The van der Waals surface area contributed by atoms with Gasteiger partial charge in [-0.15, -0.1) is 0 Å². The van der Waals surface area contributed by atoms with Gasteiger partial charge >= 0.3 is 0 Å². The third-order valence-corrected chi connectivity index (χ3v) is 5.16. The number of rotatable bonds is 8. The minimum atomic E-state index is -0.467. The Bertz CT molecular complexity index is 682. The fourth-order valence-corrected chi connectivity index (χ4v) is 3.60. The maximum absolute atomic E-state index is 10.4. The second-order valence-corrected chi connectivity index (χ2v) is 7.72. The lowest BCUT2D eigenvalue weighted by atomic mass is 10.0. The van der Waals surface area contributed by atoms with Crippen LogP contribution in [0.15, 0.2) is 54.6 Å². The number of ether oxygens (including phenoxy) is 1. The van der Waals surface area contributed by atoms with Crippen molar-refractivity contribution in [3.8, 4) is 5.75 Å². The van der Waals surface area contributed by atoms with Crippen LogP contribution in [0.2, 0.25) is 0 Å². The number of aliphatic hydroxyl groups is 1. The molecule has 1 unspecified atom stereocenters. The van der Waals surface area contributed by atoms with E-state index in [1.165, 1.54) is 11.1 Å². The fourth-order valence-electron chi connectivity index (χ4n) is 3.60. The smallest absolute Gasteiger partial charge is 0.122 e. The molecule has 0 aromatic heterocycles. The molecule has 0 spiro atoms. The summed E-state index contributed by atoms with van der Waals surface area (Å²) in [5.74, 6) is 1.30. The zero-order valence-corrected chi connectivity index (χ0v) is 16.6. The minimum Gasteiger partial charge on any atom is -0.491 e. The van der Waals surface area contributed by atoms with Crippen LogP contribution in [0, 0.1) is 0 Å². The Balaban J connectivity index is 1.40. The minimum absolute atomic E-state index is 0.341. The maximum atomic E-state index is 10.4. The van der Waals surface area contributed by atoms with Gasteiger partial charge < -0.3 is 9.84 Å². The van der Waals surface area contributed by atoms with Gasteiger partial charge in [-0.2, -0.15) is 0 Å². The molecule has 1 heterocycles. The second-order valence-electron chi connectivity index (χ2n) is 7.72. The van der Waals surface area contributed by atoms with Gasteiger partial charge in [0.05, 0.1) is 0 Å². The SMILES string of the molecule is CC(C)c1ccccc1OCC(O)CN1CCN(Cc2ccccc2)CC1. The van der Waals surface area contributed by atoms with E-state index in [1.54, 1.807) is 0 Å². The Morgan fingerprint density at radius 3 is 2.22 bits per heavy atom. The van der Waals surface area contributed by atoms with Crippen LogP contribution in [0.5, 0.6) is 5.75 Å². The van der Waals surface area contributed by atoms with Gasteiger partial charge in [-0.3, -0.25) is 9.80 Å². The molecule has 1 aliphatic heterocycles. The zero-order valence-electron chi connectivity index (χ0n) is 16.6. The molecule has 0 aliphatic carbocycles. The van der Waals surface area contributed by atoms with E-state index < -0.39 is 6.10 Å². The number of hydrogen-bond donors (Lipinski definition) is 1. The van der Waals surface area contributed by atoms with Gasteiger partial charge in [-0.05, 0) is 23.1 Å². The molecule has 1 N–H and O–H groups in total. The second kappa shape index (κ2) is 9.88. The molecule has 0 bridgehead atoms. The van der Waals surface area contributed by atoms with Gasteiger partial charge in [0.2, 0.25) is 0 Å². The topological polar surface area (TPSA) is 35.9 Å². The van der Waals surface area contributed by atoms with Gasteiger partial charge in [-0.1, -0.05) is 62.4 Å².